The predicted molar refractivity (Wildman–Crippen MR) is 70.6 cm³/mol. The lowest BCUT2D eigenvalue weighted by atomic mass is 10.2. The van der Waals surface area contributed by atoms with Gasteiger partial charge < -0.3 is 9.80 Å². The van der Waals surface area contributed by atoms with Crippen molar-refractivity contribution in [2.45, 2.75) is 32.2 Å². The Balaban J connectivity index is 1.52. The summed E-state index contributed by atoms with van der Waals surface area (Å²) in [6.45, 7) is 6.92. The first-order chi connectivity index (χ1) is 8.81. The maximum atomic E-state index is 4.66. The van der Waals surface area contributed by atoms with Crippen molar-refractivity contribution >= 4 is 0 Å². The van der Waals surface area contributed by atoms with Gasteiger partial charge in [0.1, 0.15) is 5.82 Å². The fraction of sp³-hybridized carbons (Fsp3) is 0.846. The van der Waals surface area contributed by atoms with Gasteiger partial charge in [-0.1, -0.05) is 0 Å². The summed E-state index contributed by atoms with van der Waals surface area (Å²) in [6.07, 6.45) is 4.65. The van der Waals surface area contributed by atoms with Gasteiger partial charge in [0.15, 0.2) is 5.82 Å². The van der Waals surface area contributed by atoms with E-state index in [4.69, 9.17) is 0 Å². The third kappa shape index (κ3) is 2.72. The summed E-state index contributed by atoms with van der Waals surface area (Å²) in [5, 5.41) is 4.62. The third-order valence-electron chi connectivity index (χ3n) is 4.06. The number of likely N-dealkylation sites (N-methyl/N-ethyl adjacent to an activating group) is 1. The van der Waals surface area contributed by atoms with Gasteiger partial charge in [-0.25, -0.2) is 9.67 Å². The molecule has 0 N–H and O–H groups in total. The molecule has 1 aromatic rings. The molecule has 2 aliphatic rings. The molecule has 2 aliphatic heterocycles. The van der Waals surface area contributed by atoms with E-state index in [0.717, 1.165) is 31.8 Å². The smallest absolute Gasteiger partial charge is 0.152 e. The van der Waals surface area contributed by atoms with Crippen LogP contribution in [0.15, 0.2) is 0 Å². The summed E-state index contributed by atoms with van der Waals surface area (Å²) >= 11 is 0. The minimum Gasteiger partial charge on any atom is -0.304 e. The maximum absolute atomic E-state index is 4.66. The Hall–Kier alpha value is -0.940. The molecule has 0 amide bonds. The van der Waals surface area contributed by atoms with Crippen LogP contribution in [0.5, 0.6) is 0 Å². The molecule has 1 fully saturated rings. The Labute approximate surface area is 109 Å². The monoisotopic (exact) mass is 249 g/mol. The molecule has 0 bridgehead atoms. The lowest BCUT2D eigenvalue weighted by molar-refractivity contribution is 0.155. The molecule has 3 heterocycles. The second-order valence-electron chi connectivity index (χ2n) is 5.52. The van der Waals surface area contributed by atoms with Crippen LogP contribution >= 0.6 is 0 Å². The zero-order valence-electron chi connectivity index (χ0n) is 11.3. The summed E-state index contributed by atoms with van der Waals surface area (Å²) in [5.74, 6) is 2.25. The minimum absolute atomic E-state index is 1.00. The molecule has 0 spiro atoms. The van der Waals surface area contributed by atoms with Gasteiger partial charge in [0.2, 0.25) is 0 Å². The van der Waals surface area contributed by atoms with Crippen LogP contribution < -0.4 is 0 Å². The van der Waals surface area contributed by atoms with Crippen LogP contribution in [0.3, 0.4) is 0 Å². The molecule has 1 saturated heterocycles. The highest BCUT2D eigenvalue weighted by Crippen LogP contribution is 2.12. The molecule has 0 saturated carbocycles. The molecule has 0 atom stereocenters. The maximum Gasteiger partial charge on any atom is 0.152 e. The quantitative estimate of drug-likeness (QED) is 0.777. The highest BCUT2D eigenvalue weighted by molar-refractivity contribution is 4.96. The van der Waals surface area contributed by atoms with E-state index in [-0.39, 0.29) is 0 Å². The van der Waals surface area contributed by atoms with Gasteiger partial charge in [-0.05, 0) is 19.9 Å². The van der Waals surface area contributed by atoms with E-state index in [1.807, 2.05) is 0 Å². The zero-order chi connectivity index (χ0) is 12.4. The molecule has 0 unspecified atom stereocenters. The molecule has 3 rings (SSSR count). The van der Waals surface area contributed by atoms with Gasteiger partial charge in [0.05, 0.1) is 0 Å². The molecule has 5 nitrogen and oxygen atoms in total. The van der Waals surface area contributed by atoms with Gasteiger partial charge in [-0.2, -0.15) is 5.10 Å². The lowest BCUT2D eigenvalue weighted by Crippen LogP contribution is -2.45. The van der Waals surface area contributed by atoms with Crippen molar-refractivity contribution in [1.29, 1.82) is 0 Å². The minimum atomic E-state index is 1.00. The first kappa shape index (κ1) is 12.1. The molecular formula is C13H23N5. The molecule has 18 heavy (non-hydrogen) atoms. The molecule has 0 aliphatic carbocycles. The van der Waals surface area contributed by atoms with Gasteiger partial charge >= 0.3 is 0 Å². The van der Waals surface area contributed by atoms with Crippen molar-refractivity contribution in [2.24, 2.45) is 0 Å². The normalized spacial score (nSPS) is 22.1. The number of aromatic nitrogens is 3. The SMILES string of the molecule is CN1CCN(CCc2nc3n(n2)CCCC3)CC1. The molecule has 100 valence electrons. The molecule has 5 heteroatoms. The van der Waals surface area contributed by atoms with Gasteiger partial charge in [-0.15, -0.1) is 0 Å². The van der Waals surface area contributed by atoms with Crippen molar-refractivity contribution in [3.8, 4) is 0 Å². The van der Waals surface area contributed by atoms with Gasteiger partial charge in [0.25, 0.3) is 0 Å². The van der Waals surface area contributed by atoms with E-state index in [0.29, 0.717) is 0 Å². The van der Waals surface area contributed by atoms with E-state index in [1.54, 1.807) is 0 Å². The Morgan fingerprint density at radius 1 is 1.06 bits per heavy atom. The van der Waals surface area contributed by atoms with Crippen LogP contribution in [0.25, 0.3) is 0 Å². The average Bonchev–Trinajstić information content (AvgIpc) is 2.81. The fourth-order valence-corrected chi connectivity index (χ4v) is 2.77. The lowest BCUT2D eigenvalue weighted by Gasteiger charge is -2.31. The number of hydrogen-bond donors (Lipinski definition) is 0. The second kappa shape index (κ2) is 5.36. The first-order valence-corrected chi connectivity index (χ1v) is 7.15. The number of nitrogens with zero attached hydrogens (tertiary/aromatic N) is 5. The summed E-state index contributed by atoms with van der Waals surface area (Å²) in [4.78, 5) is 9.59. The molecule has 0 aromatic carbocycles. The number of rotatable bonds is 3. The Bertz CT molecular complexity index is 369. The van der Waals surface area contributed by atoms with E-state index >= 15 is 0 Å². The van der Waals surface area contributed by atoms with Crippen LogP contribution in [0, 0.1) is 0 Å². The van der Waals surface area contributed by atoms with E-state index < -0.39 is 0 Å². The zero-order valence-corrected chi connectivity index (χ0v) is 11.3. The average molecular weight is 249 g/mol. The molecular weight excluding hydrogens is 226 g/mol. The van der Waals surface area contributed by atoms with Crippen LogP contribution in [-0.2, 0) is 19.4 Å². The number of piperazine rings is 1. The van der Waals surface area contributed by atoms with Crippen molar-refractivity contribution in [1.82, 2.24) is 24.6 Å². The largest absolute Gasteiger partial charge is 0.304 e. The first-order valence-electron chi connectivity index (χ1n) is 7.15. The van der Waals surface area contributed by atoms with Gasteiger partial charge in [0, 0.05) is 52.1 Å². The van der Waals surface area contributed by atoms with Gasteiger partial charge in [-0.3, -0.25) is 0 Å². The Morgan fingerprint density at radius 3 is 2.67 bits per heavy atom. The van der Waals surface area contributed by atoms with Crippen molar-refractivity contribution in [2.75, 3.05) is 39.8 Å². The van der Waals surface area contributed by atoms with Crippen LogP contribution in [0.1, 0.15) is 24.5 Å². The highest BCUT2D eigenvalue weighted by atomic mass is 15.4. The molecule has 0 radical (unpaired) electrons. The third-order valence-corrected chi connectivity index (χ3v) is 4.06. The summed E-state index contributed by atoms with van der Waals surface area (Å²) in [5.41, 5.74) is 0. The van der Waals surface area contributed by atoms with Crippen LogP contribution in [0.4, 0.5) is 0 Å². The number of hydrogen-bond acceptors (Lipinski definition) is 4. The predicted octanol–water partition coefficient (Wildman–Crippen LogP) is 0.404. The standard InChI is InChI=1S/C13H23N5/c1-16-8-10-17(11-9-16)7-5-12-14-13-4-2-3-6-18(13)15-12/h2-11H2,1H3. The van der Waals surface area contributed by atoms with Crippen LogP contribution in [-0.4, -0.2) is 64.3 Å². The Morgan fingerprint density at radius 2 is 1.89 bits per heavy atom. The number of aryl methyl sites for hydroxylation is 2. The topological polar surface area (TPSA) is 37.2 Å². The number of fused-ring (bicyclic) bond motifs is 1. The van der Waals surface area contributed by atoms with Crippen LogP contribution in [0.2, 0.25) is 0 Å². The highest BCUT2D eigenvalue weighted by Gasteiger charge is 2.16. The summed E-state index contributed by atoms with van der Waals surface area (Å²) in [7, 11) is 2.20. The molecule has 1 aromatic heterocycles. The summed E-state index contributed by atoms with van der Waals surface area (Å²) in [6, 6.07) is 0. The van der Waals surface area contributed by atoms with E-state index in [2.05, 4.69) is 31.6 Å². The second-order valence-corrected chi connectivity index (χ2v) is 5.52. The fourth-order valence-electron chi connectivity index (χ4n) is 2.77. The summed E-state index contributed by atoms with van der Waals surface area (Å²) < 4.78 is 2.11. The van der Waals surface area contributed by atoms with E-state index in [9.17, 15) is 0 Å². The van der Waals surface area contributed by atoms with Crippen molar-refractivity contribution in [3.63, 3.8) is 0 Å². The van der Waals surface area contributed by atoms with Crippen molar-refractivity contribution in [3.05, 3.63) is 11.6 Å². The van der Waals surface area contributed by atoms with E-state index in [1.165, 1.54) is 44.8 Å². The Kier molecular flexibility index (Phi) is 3.61. The van der Waals surface area contributed by atoms with Crippen molar-refractivity contribution < 1.29 is 0 Å².